The van der Waals surface area contributed by atoms with E-state index in [2.05, 4.69) is 0 Å². The van der Waals surface area contributed by atoms with Gasteiger partial charge in [-0.15, -0.1) is 0 Å². The number of rotatable bonds is 7. The topological polar surface area (TPSA) is 83.5 Å². The van der Waals surface area contributed by atoms with Crippen molar-refractivity contribution in [1.29, 1.82) is 0 Å². The number of benzene rings is 1. The number of carbonyl (C=O) groups is 2. The van der Waals surface area contributed by atoms with Crippen LogP contribution in [-0.2, 0) is 28.5 Å². The van der Waals surface area contributed by atoms with Crippen molar-refractivity contribution in [3.8, 4) is 5.75 Å². The smallest absolute Gasteiger partial charge is 0.355 e. The molecule has 1 aromatic rings. The zero-order valence-electron chi connectivity index (χ0n) is 15.3. The summed E-state index contributed by atoms with van der Waals surface area (Å²) in [5, 5.41) is 0. The first kappa shape index (κ1) is 19.7. The summed E-state index contributed by atoms with van der Waals surface area (Å²) in [7, 11) is 4.11. The summed E-state index contributed by atoms with van der Waals surface area (Å²) in [5.74, 6) is -0.612. The maximum atomic E-state index is 12.2. The van der Waals surface area contributed by atoms with Gasteiger partial charge in [0.2, 0.25) is 0 Å². The van der Waals surface area contributed by atoms with Crippen LogP contribution >= 0.6 is 0 Å². The summed E-state index contributed by atoms with van der Waals surface area (Å²) in [6, 6.07) is 7.06. The van der Waals surface area contributed by atoms with Gasteiger partial charge in [0, 0.05) is 12.8 Å². The minimum Gasteiger partial charge on any atom is -0.488 e. The lowest BCUT2D eigenvalue weighted by Crippen LogP contribution is -2.38. The van der Waals surface area contributed by atoms with Gasteiger partial charge < -0.3 is 28.6 Å². The Morgan fingerprint density at radius 2 is 1.77 bits per heavy atom. The summed E-state index contributed by atoms with van der Waals surface area (Å²) in [5.41, 5.74) is 0.866. The second-order valence-corrected chi connectivity index (χ2v) is 5.59. The van der Waals surface area contributed by atoms with E-state index in [0.29, 0.717) is 18.0 Å². The van der Waals surface area contributed by atoms with Crippen molar-refractivity contribution in [3.63, 3.8) is 0 Å². The fourth-order valence-electron chi connectivity index (χ4n) is 2.55. The van der Waals surface area contributed by atoms with Crippen LogP contribution in [0.3, 0.4) is 0 Å². The fourth-order valence-corrected chi connectivity index (χ4v) is 2.55. The number of hydrogen-bond donors (Lipinski definition) is 0. The van der Waals surface area contributed by atoms with Crippen molar-refractivity contribution in [2.75, 3.05) is 46.2 Å². The van der Waals surface area contributed by atoms with Crippen LogP contribution in [0.4, 0.5) is 5.69 Å². The molecule has 1 aromatic carbocycles. The molecule has 0 aromatic heterocycles. The van der Waals surface area contributed by atoms with Gasteiger partial charge in [-0.1, -0.05) is 0 Å². The Hall–Kier alpha value is -2.58. The first-order valence-electron chi connectivity index (χ1n) is 8.02. The van der Waals surface area contributed by atoms with Gasteiger partial charge in [0.1, 0.15) is 24.3 Å². The summed E-state index contributed by atoms with van der Waals surface area (Å²) < 4.78 is 25.8. The molecule has 0 saturated carbocycles. The molecule has 0 N–H and O–H groups in total. The van der Waals surface area contributed by atoms with E-state index in [1.807, 2.05) is 6.92 Å². The van der Waals surface area contributed by atoms with E-state index in [1.54, 1.807) is 36.3 Å². The number of hydrogen-bond acceptors (Lipinski definition) is 8. The van der Waals surface area contributed by atoms with Crippen molar-refractivity contribution < 1.29 is 33.3 Å². The normalized spacial score (nSPS) is 15.5. The maximum Gasteiger partial charge on any atom is 0.355 e. The van der Waals surface area contributed by atoms with Gasteiger partial charge in [0.25, 0.3) is 0 Å². The fraction of sp³-hybridized carbons (Fsp3) is 0.444. The molecular formula is C18H23NO7. The number of carbonyl (C=O) groups excluding carboxylic acids is 2. The molecule has 0 spiro atoms. The van der Waals surface area contributed by atoms with Crippen LogP contribution in [0.5, 0.6) is 5.75 Å². The van der Waals surface area contributed by atoms with Gasteiger partial charge in [-0.2, -0.15) is 0 Å². The molecule has 26 heavy (non-hydrogen) atoms. The lowest BCUT2D eigenvalue weighted by Gasteiger charge is -2.31. The van der Waals surface area contributed by atoms with Crippen LogP contribution in [0.2, 0.25) is 0 Å². The van der Waals surface area contributed by atoms with Crippen molar-refractivity contribution in [2.45, 2.75) is 13.0 Å². The van der Waals surface area contributed by atoms with Crippen molar-refractivity contribution in [3.05, 3.63) is 35.5 Å². The van der Waals surface area contributed by atoms with Crippen LogP contribution in [0.25, 0.3) is 0 Å². The third-order valence-corrected chi connectivity index (χ3v) is 3.72. The molecule has 0 fully saturated rings. The number of esters is 2. The molecule has 1 aliphatic heterocycles. The average molecular weight is 365 g/mol. The van der Waals surface area contributed by atoms with E-state index in [4.69, 9.17) is 23.7 Å². The van der Waals surface area contributed by atoms with Gasteiger partial charge >= 0.3 is 11.9 Å². The van der Waals surface area contributed by atoms with E-state index < -0.39 is 11.9 Å². The molecule has 1 unspecified atom stereocenters. The van der Waals surface area contributed by atoms with Crippen LogP contribution in [0.15, 0.2) is 35.5 Å². The Morgan fingerprint density at radius 3 is 2.35 bits per heavy atom. The molecule has 0 bridgehead atoms. The molecule has 0 aliphatic carbocycles. The summed E-state index contributed by atoms with van der Waals surface area (Å²) in [6.45, 7) is 2.45. The highest BCUT2D eigenvalue weighted by Crippen LogP contribution is 2.28. The lowest BCUT2D eigenvalue weighted by atomic mass is 10.1. The van der Waals surface area contributed by atoms with Crippen LogP contribution in [-0.4, -0.2) is 59.3 Å². The molecule has 0 amide bonds. The second-order valence-electron chi connectivity index (χ2n) is 5.59. The largest absolute Gasteiger partial charge is 0.488 e. The van der Waals surface area contributed by atoms with Gasteiger partial charge in [-0.25, -0.2) is 9.59 Å². The Bertz CT molecular complexity index is 669. The van der Waals surface area contributed by atoms with Crippen molar-refractivity contribution in [1.82, 2.24) is 0 Å². The number of nitrogens with zero attached hydrogens (tertiary/aromatic N) is 1. The van der Waals surface area contributed by atoms with E-state index in [0.717, 1.165) is 0 Å². The number of ether oxygens (including phenoxy) is 5. The lowest BCUT2D eigenvalue weighted by molar-refractivity contribution is -0.140. The molecule has 0 radical (unpaired) electrons. The molecule has 0 saturated heterocycles. The van der Waals surface area contributed by atoms with E-state index in [-0.39, 0.29) is 30.7 Å². The van der Waals surface area contributed by atoms with Gasteiger partial charge in [0.05, 0.1) is 33.0 Å². The van der Waals surface area contributed by atoms with E-state index in [1.165, 1.54) is 14.2 Å². The standard InChI is InChI=1S/C18H23NO7/c1-12(9-22-2)26-14-7-5-13(6-8-14)19-11-25-10-15(17(20)23-3)16(19)18(21)24-4/h5-8,12H,9-11H2,1-4H3. The summed E-state index contributed by atoms with van der Waals surface area (Å²) in [6.07, 6.45) is -0.0966. The minimum atomic E-state index is -0.636. The maximum absolute atomic E-state index is 12.2. The van der Waals surface area contributed by atoms with Gasteiger partial charge in [0.15, 0.2) is 0 Å². The molecule has 1 atom stereocenters. The highest BCUT2D eigenvalue weighted by molar-refractivity contribution is 6.03. The van der Waals surface area contributed by atoms with E-state index in [9.17, 15) is 9.59 Å². The van der Waals surface area contributed by atoms with E-state index >= 15 is 0 Å². The number of methoxy groups -OCH3 is 3. The Balaban J connectivity index is 2.30. The van der Waals surface area contributed by atoms with Crippen LogP contribution < -0.4 is 9.64 Å². The summed E-state index contributed by atoms with van der Waals surface area (Å²) in [4.78, 5) is 25.8. The SMILES string of the molecule is COCC(C)Oc1ccc(N2COCC(C(=O)OC)=C2C(=O)OC)cc1. The molecular weight excluding hydrogens is 342 g/mol. The Morgan fingerprint density at radius 1 is 1.12 bits per heavy atom. The molecule has 1 heterocycles. The molecule has 1 aliphatic rings. The highest BCUT2D eigenvalue weighted by atomic mass is 16.5. The van der Waals surface area contributed by atoms with Crippen LogP contribution in [0, 0.1) is 0 Å². The highest BCUT2D eigenvalue weighted by Gasteiger charge is 2.32. The third-order valence-electron chi connectivity index (χ3n) is 3.72. The van der Waals surface area contributed by atoms with Crippen molar-refractivity contribution >= 4 is 17.6 Å². The second kappa shape index (κ2) is 9.21. The molecule has 142 valence electrons. The Labute approximate surface area is 152 Å². The average Bonchev–Trinajstić information content (AvgIpc) is 2.67. The van der Waals surface area contributed by atoms with Crippen molar-refractivity contribution in [2.24, 2.45) is 0 Å². The first-order valence-corrected chi connectivity index (χ1v) is 8.02. The Kier molecular flexibility index (Phi) is 6.99. The molecule has 8 heteroatoms. The predicted octanol–water partition coefficient (Wildman–Crippen LogP) is 1.49. The monoisotopic (exact) mass is 365 g/mol. The van der Waals surface area contributed by atoms with Gasteiger partial charge in [-0.3, -0.25) is 0 Å². The molecule has 8 nitrogen and oxygen atoms in total. The van der Waals surface area contributed by atoms with Crippen LogP contribution in [0.1, 0.15) is 6.92 Å². The first-order chi connectivity index (χ1) is 12.5. The zero-order valence-corrected chi connectivity index (χ0v) is 15.3. The predicted molar refractivity (Wildman–Crippen MR) is 92.8 cm³/mol. The quantitative estimate of drug-likeness (QED) is 0.672. The molecule has 2 rings (SSSR count). The number of anilines is 1. The zero-order chi connectivity index (χ0) is 19.1. The minimum absolute atomic E-state index is 0.0245. The van der Waals surface area contributed by atoms with Gasteiger partial charge in [-0.05, 0) is 31.2 Å². The summed E-state index contributed by atoms with van der Waals surface area (Å²) >= 11 is 0. The third kappa shape index (κ3) is 4.53.